The van der Waals surface area contributed by atoms with E-state index >= 15 is 0 Å². The van der Waals surface area contributed by atoms with Gasteiger partial charge in [0.25, 0.3) is 0 Å². The van der Waals surface area contributed by atoms with Crippen LogP contribution >= 0.6 is 11.6 Å². The second kappa shape index (κ2) is 4.65. The van der Waals surface area contributed by atoms with Gasteiger partial charge >= 0.3 is 0 Å². The van der Waals surface area contributed by atoms with Crippen molar-refractivity contribution in [2.24, 2.45) is 0 Å². The highest BCUT2D eigenvalue weighted by Crippen LogP contribution is 2.32. The zero-order valence-corrected chi connectivity index (χ0v) is 11.3. The van der Waals surface area contributed by atoms with Crippen molar-refractivity contribution in [2.75, 3.05) is 12.3 Å². The van der Waals surface area contributed by atoms with Gasteiger partial charge in [0.15, 0.2) is 0 Å². The van der Waals surface area contributed by atoms with E-state index < -0.39 is 5.82 Å². The fourth-order valence-corrected chi connectivity index (χ4v) is 2.84. The third kappa shape index (κ3) is 2.07. The lowest BCUT2D eigenvalue weighted by Gasteiger charge is -2.21. The average molecular weight is 284 g/mol. The van der Waals surface area contributed by atoms with Gasteiger partial charge in [-0.15, -0.1) is 0 Å². The Balaban J connectivity index is 2.11. The molecular weight excluding hydrogens is 269 g/mol. The molecule has 3 rings (SSSR count). The lowest BCUT2D eigenvalue weighted by molar-refractivity contribution is 0.0751. The Morgan fingerprint density at radius 2 is 2.37 bits per heavy atom. The Morgan fingerprint density at radius 3 is 3.05 bits per heavy atom. The lowest BCUT2D eigenvalue weighted by atomic mass is 10.1. The number of hydrogen-bond acceptors (Lipinski definition) is 3. The van der Waals surface area contributed by atoms with Gasteiger partial charge < -0.3 is 15.0 Å². The van der Waals surface area contributed by atoms with Crippen molar-refractivity contribution in [1.29, 1.82) is 0 Å². The van der Waals surface area contributed by atoms with E-state index in [9.17, 15) is 4.39 Å². The number of fused-ring (bicyclic) bond motifs is 1. The molecule has 1 aliphatic rings. The molecular formula is C13H15ClFN3O. The van der Waals surface area contributed by atoms with E-state index in [0.29, 0.717) is 11.5 Å². The maximum absolute atomic E-state index is 13.4. The highest BCUT2D eigenvalue weighted by molar-refractivity contribution is 6.31. The molecule has 2 unspecified atom stereocenters. The molecule has 2 aromatic rings. The van der Waals surface area contributed by atoms with Crippen molar-refractivity contribution < 1.29 is 9.13 Å². The highest BCUT2D eigenvalue weighted by atomic mass is 35.5. The Labute approximate surface area is 115 Å². The Bertz CT molecular complexity index is 622. The largest absolute Gasteiger partial charge is 0.376 e. The maximum atomic E-state index is 13.4. The molecule has 2 atom stereocenters. The summed E-state index contributed by atoms with van der Waals surface area (Å²) in [6.45, 7) is 2.81. The van der Waals surface area contributed by atoms with Gasteiger partial charge in [-0.1, -0.05) is 11.6 Å². The van der Waals surface area contributed by atoms with Gasteiger partial charge in [-0.05, 0) is 25.8 Å². The van der Waals surface area contributed by atoms with Crippen LogP contribution in [0.1, 0.15) is 25.8 Å². The van der Waals surface area contributed by atoms with Crippen LogP contribution in [0.3, 0.4) is 0 Å². The average Bonchev–Trinajstić information content (AvgIpc) is 2.97. The predicted octanol–water partition coefficient (Wildman–Crippen LogP) is 3.15. The van der Waals surface area contributed by atoms with Gasteiger partial charge in [0, 0.05) is 12.7 Å². The molecule has 0 bridgehead atoms. The summed E-state index contributed by atoms with van der Waals surface area (Å²) in [7, 11) is 0. The number of aromatic nitrogens is 2. The first kappa shape index (κ1) is 12.7. The number of nitrogens with two attached hydrogens (primary N) is 1. The number of anilines is 1. The molecule has 4 nitrogen and oxygen atoms in total. The first-order valence-corrected chi connectivity index (χ1v) is 6.70. The molecule has 1 saturated heterocycles. The van der Waals surface area contributed by atoms with E-state index in [0.717, 1.165) is 25.0 Å². The molecule has 102 valence electrons. The fraction of sp³-hybridized carbons (Fsp3) is 0.462. The standard InChI is InChI=1S/C13H15ClFN3O/c1-7(12-3-2-4-19-12)18-11-5-8(14)9(15)6-10(11)17-13(18)16/h5-7,12H,2-4H2,1H3,(H2,16,17). The second-order valence-corrected chi connectivity index (χ2v) is 5.29. The Morgan fingerprint density at radius 1 is 1.58 bits per heavy atom. The van der Waals surface area contributed by atoms with Crippen LogP contribution in [0, 0.1) is 5.82 Å². The van der Waals surface area contributed by atoms with Crippen LogP contribution in [0.2, 0.25) is 5.02 Å². The van der Waals surface area contributed by atoms with Crippen LogP contribution < -0.4 is 5.73 Å². The minimum atomic E-state index is -0.483. The van der Waals surface area contributed by atoms with Crippen LogP contribution in [0.15, 0.2) is 12.1 Å². The summed E-state index contributed by atoms with van der Waals surface area (Å²) in [5, 5.41) is 0.0770. The molecule has 6 heteroatoms. The smallest absolute Gasteiger partial charge is 0.201 e. The van der Waals surface area contributed by atoms with Crippen molar-refractivity contribution in [1.82, 2.24) is 9.55 Å². The minimum Gasteiger partial charge on any atom is -0.376 e. The summed E-state index contributed by atoms with van der Waals surface area (Å²) in [4.78, 5) is 4.19. The molecule has 0 aliphatic carbocycles. The van der Waals surface area contributed by atoms with E-state index in [4.69, 9.17) is 22.1 Å². The molecule has 0 amide bonds. The molecule has 2 heterocycles. The Hall–Kier alpha value is -1.33. The number of nitrogen functional groups attached to an aromatic ring is 1. The number of nitrogens with zero attached hydrogens (tertiary/aromatic N) is 2. The summed E-state index contributed by atoms with van der Waals surface area (Å²) in [5.74, 6) is -0.122. The minimum absolute atomic E-state index is 0.0500. The summed E-state index contributed by atoms with van der Waals surface area (Å²) in [6.07, 6.45) is 2.16. The molecule has 1 aromatic carbocycles. The number of benzene rings is 1. The van der Waals surface area contributed by atoms with E-state index in [2.05, 4.69) is 4.98 Å². The van der Waals surface area contributed by atoms with E-state index in [-0.39, 0.29) is 17.2 Å². The van der Waals surface area contributed by atoms with Crippen LogP contribution in [-0.4, -0.2) is 22.3 Å². The summed E-state index contributed by atoms with van der Waals surface area (Å²) in [5.41, 5.74) is 7.21. The van der Waals surface area contributed by atoms with Crippen molar-refractivity contribution in [3.05, 3.63) is 23.0 Å². The lowest BCUT2D eigenvalue weighted by Crippen LogP contribution is -2.22. The summed E-state index contributed by atoms with van der Waals surface area (Å²) in [6, 6.07) is 2.93. The van der Waals surface area contributed by atoms with Gasteiger partial charge in [0.1, 0.15) is 5.82 Å². The monoisotopic (exact) mass is 283 g/mol. The van der Waals surface area contributed by atoms with Gasteiger partial charge in [0.05, 0.1) is 28.2 Å². The highest BCUT2D eigenvalue weighted by Gasteiger charge is 2.26. The number of rotatable bonds is 2. The quantitative estimate of drug-likeness (QED) is 0.921. The molecule has 0 radical (unpaired) electrons. The summed E-state index contributed by atoms with van der Waals surface area (Å²) < 4.78 is 21.0. The van der Waals surface area contributed by atoms with Crippen molar-refractivity contribution >= 4 is 28.6 Å². The zero-order chi connectivity index (χ0) is 13.6. The number of halogens is 2. The van der Waals surface area contributed by atoms with E-state index in [1.807, 2.05) is 11.5 Å². The zero-order valence-electron chi connectivity index (χ0n) is 10.6. The molecule has 1 aliphatic heterocycles. The van der Waals surface area contributed by atoms with Gasteiger partial charge in [-0.2, -0.15) is 0 Å². The SMILES string of the molecule is CC(C1CCCO1)n1c(N)nc2cc(F)c(Cl)cc21. The molecule has 0 saturated carbocycles. The molecule has 1 aromatic heterocycles. The van der Waals surface area contributed by atoms with E-state index in [1.165, 1.54) is 6.07 Å². The first-order chi connectivity index (χ1) is 9.08. The van der Waals surface area contributed by atoms with Crippen LogP contribution in [-0.2, 0) is 4.74 Å². The molecule has 1 fully saturated rings. The van der Waals surface area contributed by atoms with Crippen molar-refractivity contribution in [3.63, 3.8) is 0 Å². The molecule has 19 heavy (non-hydrogen) atoms. The molecule has 2 N–H and O–H groups in total. The second-order valence-electron chi connectivity index (χ2n) is 4.89. The number of imidazole rings is 1. The maximum Gasteiger partial charge on any atom is 0.201 e. The van der Waals surface area contributed by atoms with Gasteiger partial charge in [-0.25, -0.2) is 9.37 Å². The van der Waals surface area contributed by atoms with Crippen molar-refractivity contribution in [2.45, 2.75) is 31.9 Å². The van der Waals surface area contributed by atoms with Crippen LogP contribution in [0.25, 0.3) is 11.0 Å². The first-order valence-electron chi connectivity index (χ1n) is 6.32. The summed E-state index contributed by atoms with van der Waals surface area (Å²) >= 11 is 5.85. The number of hydrogen-bond donors (Lipinski definition) is 1. The molecule has 0 spiro atoms. The topological polar surface area (TPSA) is 53.1 Å². The third-order valence-corrected chi connectivity index (χ3v) is 3.96. The van der Waals surface area contributed by atoms with Gasteiger partial charge in [0.2, 0.25) is 5.95 Å². The van der Waals surface area contributed by atoms with Crippen LogP contribution in [0.4, 0.5) is 10.3 Å². The fourth-order valence-electron chi connectivity index (χ4n) is 2.69. The van der Waals surface area contributed by atoms with Crippen molar-refractivity contribution in [3.8, 4) is 0 Å². The Kier molecular flexibility index (Phi) is 3.11. The van der Waals surface area contributed by atoms with E-state index in [1.54, 1.807) is 6.07 Å². The van der Waals surface area contributed by atoms with Crippen LogP contribution in [0.5, 0.6) is 0 Å². The normalized spacial score (nSPS) is 21.1. The predicted molar refractivity (Wildman–Crippen MR) is 72.8 cm³/mol. The third-order valence-electron chi connectivity index (χ3n) is 3.67. The van der Waals surface area contributed by atoms with Gasteiger partial charge in [-0.3, -0.25) is 0 Å². The number of ether oxygens (including phenoxy) is 1.